The van der Waals surface area contributed by atoms with Gasteiger partial charge in [-0.1, -0.05) is 31.8 Å². The van der Waals surface area contributed by atoms with Gasteiger partial charge in [-0.05, 0) is 42.6 Å². The van der Waals surface area contributed by atoms with Crippen LogP contribution in [0.1, 0.15) is 18.4 Å². The van der Waals surface area contributed by atoms with Crippen LogP contribution in [0.5, 0.6) is 5.75 Å². The number of anilines is 1. The number of ether oxygens (including phenoxy) is 1. The highest BCUT2D eigenvalue weighted by Gasteiger charge is 2.46. The summed E-state index contributed by atoms with van der Waals surface area (Å²) in [7, 11) is -1.08. The molecule has 0 radical (unpaired) electrons. The number of carbonyl (C=O) groups is 1. The summed E-state index contributed by atoms with van der Waals surface area (Å²) >= 11 is 0. The molecule has 0 aromatic heterocycles. The molecule has 1 spiro atoms. The van der Waals surface area contributed by atoms with Crippen molar-refractivity contribution in [2.75, 3.05) is 11.9 Å². The van der Waals surface area contributed by atoms with Crippen LogP contribution in [0.3, 0.4) is 0 Å². The van der Waals surface area contributed by atoms with Gasteiger partial charge in [0.1, 0.15) is 5.75 Å². The number of nitrogens with one attached hydrogen (secondary N) is 1. The minimum absolute atomic E-state index is 0.102. The van der Waals surface area contributed by atoms with E-state index in [1.807, 2.05) is 18.2 Å². The molecule has 0 fully saturated rings. The summed E-state index contributed by atoms with van der Waals surface area (Å²) in [6, 6.07) is 7.12. The van der Waals surface area contributed by atoms with Crippen LogP contribution in [0.2, 0.25) is 25.7 Å². The van der Waals surface area contributed by atoms with E-state index >= 15 is 0 Å². The average Bonchev–Trinajstić information content (AvgIpc) is 2.98. The normalized spacial score (nSPS) is 23.5. The molecule has 1 aromatic rings. The van der Waals surface area contributed by atoms with Gasteiger partial charge in [-0.2, -0.15) is 0 Å². The zero-order chi connectivity index (χ0) is 15.1. The number of amides is 1. The van der Waals surface area contributed by atoms with E-state index in [1.165, 1.54) is 0 Å². The van der Waals surface area contributed by atoms with Gasteiger partial charge in [0.2, 0.25) is 5.91 Å². The van der Waals surface area contributed by atoms with Crippen LogP contribution in [0.15, 0.2) is 30.4 Å². The molecule has 0 saturated carbocycles. The molecular formula is C17H23NO2Si. The van der Waals surface area contributed by atoms with Gasteiger partial charge in [-0.25, -0.2) is 0 Å². The van der Waals surface area contributed by atoms with Gasteiger partial charge < -0.3 is 10.1 Å². The fourth-order valence-electron chi connectivity index (χ4n) is 3.01. The Hall–Kier alpha value is -1.55. The number of rotatable bonds is 4. The Morgan fingerprint density at radius 3 is 2.81 bits per heavy atom. The summed E-state index contributed by atoms with van der Waals surface area (Å²) in [4.78, 5) is 12.3. The van der Waals surface area contributed by atoms with Crippen LogP contribution in [0.25, 0.3) is 0 Å². The first-order valence-electron chi connectivity index (χ1n) is 7.67. The quantitative estimate of drug-likeness (QED) is 0.675. The first-order chi connectivity index (χ1) is 9.91. The topological polar surface area (TPSA) is 38.3 Å². The maximum atomic E-state index is 12.3. The van der Waals surface area contributed by atoms with Crippen molar-refractivity contribution in [2.24, 2.45) is 0 Å². The molecule has 1 aromatic carbocycles. The Morgan fingerprint density at radius 1 is 1.33 bits per heavy atom. The molecule has 2 aliphatic rings. The molecular weight excluding hydrogens is 278 g/mol. The Labute approximate surface area is 127 Å². The van der Waals surface area contributed by atoms with Crippen LogP contribution in [-0.4, -0.2) is 20.6 Å². The summed E-state index contributed by atoms with van der Waals surface area (Å²) in [5.41, 5.74) is 1.56. The highest BCUT2D eigenvalue weighted by atomic mass is 28.3. The van der Waals surface area contributed by atoms with Gasteiger partial charge in [-0.3, -0.25) is 4.79 Å². The molecule has 1 atom stereocenters. The van der Waals surface area contributed by atoms with Crippen molar-refractivity contribution in [3.63, 3.8) is 0 Å². The molecule has 112 valence electrons. The summed E-state index contributed by atoms with van der Waals surface area (Å²) < 4.78 is 5.92. The second kappa shape index (κ2) is 5.02. The van der Waals surface area contributed by atoms with Gasteiger partial charge >= 0.3 is 0 Å². The molecule has 1 aliphatic carbocycles. The molecule has 0 saturated heterocycles. The zero-order valence-electron chi connectivity index (χ0n) is 13.0. The number of allylic oxidation sites excluding steroid dienone is 1. The van der Waals surface area contributed by atoms with Crippen molar-refractivity contribution in [1.29, 1.82) is 0 Å². The van der Waals surface area contributed by atoms with Crippen molar-refractivity contribution in [2.45, 2.75) is 43.9 Å². The van der Waals surface area contributed by atoms with E-state index < -0.39 is 13.5 Å². The lowest BCUT2D eigenvalue weighted by atomic mass is 9.81. The van der Waals surface area contributed by atoms with Crippen LogP contribution in [-0.2, 0) is 10.2 Å². The molecule has 1 aliphatic heterocycles. The maximum absolute atomic E-state index is 12.3. The van der Waals surface area contributed by atoms with Gasteiger partial charge in [0.25, 0.3) is 0 Å². The van der Waals surface area contributed by atoms with Crippen LogP contribution in [0.4, 0.5) is 5.69 Å². The van der Waals surface area contributed by atoms with Crippen LogP contribution in [0, 0.1) is 0 Å². The van der Waals surface area contributed by atoms with Gasteiger partial charge in [0.15, 0.2) is 0 Å². The highest BCUT2D eigenvalue weighted by molar-refractivity contribution is 6.76. The Morgan fingerprint density at radius 2 is 2.14 bits per heavy atom. The summed E-state index contributed by atoms with van der Waals surface area (Å²) in [5.74, 6) is 0.980. The zero-order valence-corrected chi connectivity index (χ0v) is 14.0. The smallest absolute Gasteiger partial charge is 0.238 e. The Balaban J connectivity index is 1.80. The molecule has 4 heteroatoms. The van der Waals surface area contributed by atoms with Crippen molar-refractivity contribution in [3.8, 4) is 5.75 Å². The van der Waals surface area contributed by atoms with E-state index in [1.54, 1.807) is 0 Å². The highest BCUT2D eigenvalue weighted by Crippen LogP contribution is 2.46. The average molecular weight is 301 g/mol. The first kappa shape index (κ1) is 14.4. The Kier molecular flexibility index (Phi) is 3.44. The lowest BCUT2D eigenvalue weighted by molar-refractivity contribution is -0.119. The van der Waals surface area contributed by atoms with Crippen LogP contribution < -0.4 is 10.1 Å². The molecule has 21 heavy (non-hydrogen) atoms. The van der Waals surface area contributed by atoms with Gasteiger partial charge in [0, 0.05) is 13.8 Å². The summed E-state index contributed by atoms with van der Waals surface area (Å²) in [6.45, 7) is 7.80. The third-order valence-corrected chi connectivity index (χ3v) is 6.06. The van der Waals surface area contributed by atoms with Gasteiger partial charge in [0.05, 0.1) is 12.0 Å². The summed E-state index contributed by atoms with van der Waals surface area (Å²) in [6.07, 6.45) is 5.99. The van der Waals surface area contributed by atoms with Crippen molar-refractivity contribution >= 4 is 19.7 Å². The maximum Gasteiger partial charge on any atom is 0.238 e. The number of hydrogen-bond acceptors (Lipinski definition) is 2. The van der Waals surface area contributed by atoms with Gasteiger partial charge in [-0.15, -0.1) is 0 Å². The predicted molar refractivity (Wildman–Crippen MR) is 88.8 cm³/mol. The predicted octanol–water partition coefficient (Wildman–Crippen LogP) is 3.94. The van der Waals surface area contributed by atoms with Crippen LogP contribution >= 0.6 is 0 Å². The minimum atomic E-state index is -1.08. The minimum Gasteiger partial charge on any atom is -0.494 e. The van der Waals surface area contributed by atoms with E-state index in [-0.39, 0.29) is 5.91 Å². The number of benzene rings is 1. The number of carbonyl (C=O) groups excluding carboxylic acids is 1. The van der Waals surface area contributed by atoms with Crippen molar-refractivity contribution in [3.05, 3.63) is 35.9 Å². The molecule has 0 bridgehead atoms. The van der Waals surface area contributed by atoms with E-state index in [2.05, 4.69) is 37.1 Å². The van der Waals surface area contributed by atoms with E-state index in [9.17, 15) is 4.79 Å². The Bertz CT molecular complexity index is 603. The largest absolute Gasteiger partial charge is 0.494 e. The molecule has 3 nitrogen and oxygen atoms in total. The van der Waals surface area contributed by atoms with Crippen molar-refractivity contribution in [1.82, 2.24) is 0 Å². The standard InChI is InChI=1S/C17H23NO2Si/c1-21(2,3)11-10-20-13-6-7-15-14(12-13)17(16(19)18-15)8-4-5-9-17/h4,6-8,12H,5,9-11H2,1-3H3,(H,18,19). The third kappa shape index (κ3) is 2.64. The molecule has 1 amide bonds. The lowest BCUT2D eigenvalue weighted by Crippen LogP contribution is -2.30. The monoisotopic (exact) mass is 301 g/mol. The van der Waals surface area contributed by atoms with E-state index in [4.69, 9.17) is 4.74 Å². The number of hydrogen-bond donors (Lipinski definition) is 1. The molecule has 3 rings (SSSR count). The molecule has 1 unspecified atom stereocenters. The molecule has 1 N–H and O–H groups in total. The van der Waals surface area contributed by atoms with E-state index in [0.717, 1.165) is 42.5 Å². The van der Waals surface area contributed by atoms with E-state index in [0.29, 0.717) is 0 Å². The first-order valence-corrected chi connectivity index (χ1v) is 11.4. The second-order valence-corrected chi connectivity index (χ2v) is 12.9. The number of fused-ring (bicyclic) bond motifs is 2. The summed E-state index contributed by atoms with van der Waals surface area (Å²) in [5, 5.41) is 3.00. The fourth-order valence-corrected chi connectivity index (χ4v) is 3.73. The molecule has 1 heterocycles. The lowest BCUT2D eigenvalue weighted by Gasteiger charge is -2.20. The second-order valence-electron chi connectivity index (χ2n) is 7.23. The third-order valence-electron chi connectivity index (χ3n) is 4.35. The fraction of sp³-hybridized carbons (Fsp3) is 0.471. The SMILES string of the molecule is C[Si](C)(C)CCOc1ccc2c(c1)C1(C=CCC1)C(=O)N2. The van der Waals surface area contributed by atoms with Crippen molar-refractivity contribution < 1.29 is 9.53 Å².